The number of hydrogen-bond donors (Lipinski definition) is 1. The van der Waals surface area contributed by atoms with Gasteiger partial charge in [0.1, 0.15) is 5.76 Å². The average Bonchev–Trinajstić information content (AvgIpc) is 2.86. The summed E-state index contributed by atoms with van der Waals surface area (Å²) >= 11 is 0. The molecule has 19 heavy (non-hydrogen) atoms. The molecule has 1 N–H and O–H groups in total. The Bertz CT molecular complexity index is 703. The van der Waals surface area contributed by atoms with Gasteiger partial charge >= 0.3 is 0 Å². The minimum absolute atomic E-state index is 0.129. The molecule has 96 valence electrons. The fourth-order valence-electron chi connectivity index (χ4n) is 2.40. The zero-order valence-electron chi connectivity index (χ0n) is 11.1. The van der Waals surface area contributed by atoms with Crippen LogP contribution in [-0.2, 0) is 0 Å². The van der Waals surface area contributed by atoms with Gasteiger partial charge in [-0.05, 0) is 37.7 Å². The van der Waals surface area contributed by atoms with Crippen LogP contribution in [0.5, 0.6) is 0 Å². The van der Waals surface area contributed by atoms with E-state index in [0.717, 1.165) is 22.2 Å². The van der Waals surface area contributed by atoms with Gasteiger partial charge in [-0.15, -0.1) is 0 Å². The summed E-state index contributed by atoms with van der Waals surface area (Å²) in [6.07, 6.45) is 3.63. The van der Waals surface area contributed by atoms with E-state index in [0.29, 0.717) is 0 Å². The number of benzene rings is 1. The molecule has 0 fully saturated rings. The van der Waals surface area contributed by atoms with Gasteiger partial charge in [0.05, 0.1) is 17.8 Å². The Morgan fingerprint density at radius 1 is 1.16 bits per heavy atom. The highest BCUT2D eigenvalue weighted by molar-refractivity contribution is 5.79. The molecule has 3 nitrogen and oxygen atoms in total. The minimum atomic E-state index is 0.129. The maximum Gasteiger partial charge on any atom is 0.101 e. The van der Waals surface area contributed by atoms with E-state index >= 15 is 0 Å². The molecule has 3 rings (SSSR count). The lowest BCUT2D eigenvalue weighted by atomic mass is 9.99. The van der Waals surface area contributed by atoms with E-state index in [1.165, 1.54) is 5.56 Å². The zero-order valence-corrected chi connectivity index (χ0v) is 11.1. The van der Waals surface area contributed by atoms with Gasteiger partial charge < -0.3 is 9.73 Å². The predicted molar refractivity (Wildman–Crippen MR) is 76.1 cm³/mol. The highest BCUT2D eigenvalue weighted by atomic mass is 16.3. The number of nitrogens with one attached hydrogen (secondary N) is 1. The molecule has 3 aromatic rings. The number of hydrogen-bond acceptors (Lipinski definition) is 3. The summed E-state index contributed by atoms with van der Waals surface area (Å²) in [4.78, 5) is 4.41. The van der Waals surface area contributed by atoms with Crippen LogP contribution in [0.3, 0.4) is 0 Å². The first-order chi connectivity index (χ1) is 9.28. The molecule has 1 unspecified atom stereocenters. The Morgan fingerprint density at radius 2 is 2.05 bits per heavy atom. The Labute approximate surface area is 112 Å². The molecular weight excluding hydrogens is 236 g/mol. The Kier molecular flexibility index (Phi) is 3.05. The van der Waals surface area contributed by atoms with E-state index in [2.05, 4.69) is 40.6 Å². The normalized spacial score (nSPS) is 12.7. The van der Waals surface area contributed by atoms with Gasteiger partial charge in [0, 0.05) is 17.1 Å². The monoisotopic (exact) mass is 252 g/mol. The lowest BCUT2D eigenvalue weighted by Crippen LogP contribution is -2.16. The first-order valence-electron chi connectivity index (χ1n) is 6.35. The van der Waals surface area contributed by atoms with Gasteiger partial charge in [-0.2, -0.15) is 0 Å². The molecule has 0 aliphatic carbocycles. The van der Waals surface area contributed by atoms with Crippen molar-refractivity contribution in [3.05, 3.63) is 65.7 Å². The highest BCUT2D eigenvalue weighted by Gasteiger charge is 2.14. The number of furan rings is 1. The third kappa shape index (κ3) is 2.25. The standard InChI is InChI=1S/C16H16N2O/c1-11-8-14(10-19-11)16(17-2)13-6-5-12-4-3-7-18-15(12)9-13/h3-10,16-17H,1-2H3. The van der Waals surface area contributed by atoms with Crippen molar-refractivity contribution in [2.24, 2.45) is 0 Å². The summed E-state index contributed by atoms with van der Waals surface area (Å²) in [5, 5.41) is 4.48. The average molecular weight is 252 g/mol. The van der Waals surface area contributed by atoms with Crippen LogP contribution in [0, 0.1) is 6.92 Å². The molecule has 0 saturated carbocycles. The fourth-order valence-corrected chi connectivity index (χ4v) is 2.40. The molecule has 0 radical (unpaired) electrons. The Hall–Kier alpha value is -2.13. The van der Waals surface area contributed by atoms with Crippen LogP contribution >= 0.6 is 0 Å². The predicted octanol–water partition coefficient (Wildman–Crippen LogP) is 3.45. The molecule has 3 heteroatoms. The van der Waals surface area contributed by atoms with Crippen molar-refractivity contribution in [2.45, 2.75) is 13.0 Å². The van der Waals surface area contributed by atoms with Crippen molar-refractivity contribution in [1.29, 1.82) is 0 Å². The van der Waals surface area contributed by atoms with Crippen LogP contribution in [-0.4, -0.2) is 12.0 Å². The van der Waals surface area contributed by atoms with Crippen LogP contribution in [0.2, 0.25) is 0 Å². The second-order valence-electron chi connectivity index (χ2n) is 4.67. The van der Waals surface area contributed by atoms with Gasteiger partial charge in [-0.3, -0.25) is 4.98 Å². The van der Waals surface area contributed by atoms with Gasteiger partial charge in [-0.1, -0.05) is 18.2 Å². The summed E-state index contributed by atoms with van der Waals surface area (Å²) in [7, 11) is 1.95. The lowest BCUT2D eigenvalue weighted by molar-refractivity contribution is 0.528. The van der Waals surface area contributed by atoms with Crippen molar-refractivity contribution in [3.63, 3.8) is 0 Å². The van der Waals surface area contributed by atoms with Gasteiger partial charge in [0.15, 0.2) is 0 Å². The molecule has 0 aliphatic rings. The summed E-state index contributed by atoms with van der Waals surface area (Å²) in [6, 6.07) is 12.6. The first kappa shape index (κ1) is 11.9. The highest BCUT2D eigenvalue weighted by Crippen LogP contribution is 2.25. The number of fused-ring (bicyclic) bond motifs is 1. The number of pyridine rings is 1. The molecule has 2 aromatic heterocycles. The number of rotatable bonds is 3. The van der Waals surface area contributed by atoms with E-state index in [-0.39, 0.29) is 6.04 Å². The van der Waals surface area contributed by atoms with Gasteiger partial charge in [0.25, 0.3) is 0 Å². The number of nitrogens with zero attached hydrogens (tertiary/aromatic N) is 1. The maximum absolute atomic E-state index is 5.40. The molecule has 0 amide bonds. The fraction of sp³-hybridized carbons (Fsp3) is 0.188. The third-order valence-electron chi connectivity index (χ3n) is 3.34. The van der Waals surface area contributed by atoms with Crippen LogP contribution in [0.25, 0.3) is 10.9 Å². The molecule has 1 aromatic carbocycles. The van der Waals surface area contributed by atoms with E-state index < -0.39 is 0 Å². The van der Waals surface area contributed by atoms with E-state index in [4.69, 9.17) is 4.42 Å². The van der Waals surface area contributed by atoms with Crippen molar-refractivity contribution in [3.8, 4) is 0 Å². The van der Waals surface area contributed by atoms with E-state index in [9.17, 15) is 0 Å². The summed E-state index contributed by atoms with van der Waals surface area (Å²) in [5.74, 6) is 0.925. The van der Waals surface area contributed by atoms with Crippen LogP contribution < -0.4 is 5.32 Å². The summed E-state index contributed by atoms with van der Waals surface area (Å²) in [6.45, 7) is 1.96. The van der Waals surface area contributed by atoms with Gasteiger partial charge in [-0.25, -0.2) is 0 Å². The second-order valence-corrected chi connectivity index (χ2v) is 4.67. The molecular formula is C16H16N2O. The third-order valence-corrected chi connectivity index (χ3v) is 3.34. The SMILES string of the molecule is CNC(c1coc(C)c1)c1ccc2cccnc2c1. The van der Waals surface area contributed by atoms with Crippen molar-refractivity contribution < 1.29 is 4.42 Å². The van der Waals surface area contributed by atoms with Crippen LogP contribution in [0.4, 0.5) is 0 Å². The zero-order chi connectivity index (χ0) is 13.2. The molecule has 0 saturated heterocycles. The van der Waals surface area contributed by atoms with Crippen LogP contribution in [0.15, 0.2) is 53.3 Å². The summed E-state index contributed by atoms with van der Waals surface area (Å²) in [5.41, 5.74) is 3.34. The maximum atomic E-state index is 5.40. The number of aryl methyl sites for hydroxylation is 1. The lowest BCUT2D eigenvalue weighted by Gasteiger charge is -2.15. The molecule has 0 aliphatic heterocycles. The Morgan fingerprint density at radius 3 is 2.79 bits per heavy atom. The largest absolute Gasteiger partial charge is 0.469 e. The topological polar surface area (TPSA) is 38.1 Å². The molecule has 1 atom stereocenters. The molecule has 0 spiro atoms. The first-order valence-corrected chi connectivity index (χ1v) is 6.35. The smallest absolute Gasteiger partial charge is 0.101 e. The van der Waals surface area contributed by atoms with E-state index in [1.54, 1.807) is 6.26 Å². The molecule has 0 bridgehead atoms. The van der Waals surface area contributed by atoms with E-state index in [1.807, 2.05) is 26.2 Å². The quantitative estimate of drug-likeness (QED) is 0.776. The van der Waals surface area contributed by atoms with Gasteiger partial charge in [0.2, 0.25) is 0 Å². The Balaban J connectivity index is 2.06. The van der Waals surface area contributed by atoms with Crippen molar-refractivity contribution >= 4 is 10.9 Å². The second kappa shape index (κ2) is 4.86. The van der Waals surface area contributed by atoms with Crippen molar-refractivity contribution in [1.82, 2.24) is 10.3 Å². The summed E-state index contributed by atoms with van der Waals surface area (Å²) < 4.78 is 5.40. The minimum Gasteiger partial charge on any atom is -0.469 e. The van der Waals surface area contributed by atoms with Crippen molar-refractivity contribution in [2.75, 3.05) is 7.05 Å². The number of aromatic nitrogens is 1. The van der Waals surface area contributed by atoms with Crippen LogP contribution in [0.1, 0.15) is 22.9 Å². The molecule has 2 heterocycles.